The molecule has 0 spiro atoms. The zero-order valence-electron chi connectivity index (χ0n) is 16.1. The third-order valence-electron chi connectivity index (χ3n) is 3.53. The molecule has 0 saturated carbocycles. The summed E-state index contributed by atoms with van der Waals surface area (Å²) in [6.45, 7) is 7.30. The molecule has 0 aliphatic carbocycles. The lowest BCUT2D eigenvalue weighted by Gasteiger charge is -2.28. The van der Waals surface area contributed by atoms with Gasteiger partial charge in [0.25, 0.3) is 0 Å². The average Bonchev–Trinajstić information content (AvgIpc) is 2.57. The second-order valence-electron chi connectivity index (χ2n) is 6.89. The fraction of sp³-hybridized carbons (Fsp3) is 0.526. The van der Waals surface area contributed by atoms with Gasteiger partial charge in [0.15, 0.2) is 0 Å². The number of ether oxygens (including phenoxy) is 2. The van der Waals surface area contributed by atoms with Crippen LogP contribution in [0.25, 0.3) is 0 Å². The highest BCUT2D eigenvalue weighted by atomic mass is 16.6. The maximum absolute atomic E-state index is 12.6. The Morgan fingerprint density at radius 2 is 1.77 bits per heavy atom. The van der Waals surface area contributed by atoms with Gasteiger partial charge >= 0.3 is 12.1 Å². The topological polar surface area (TPSA) is 84.9 Å². The number of nitrogens with zero attached hydrogens (tertiary/aromatic N) is 1. The molecule has 2 amide bonds. The van der Waals surface area contributed by atoms with E-state index in [2.05, 4.69) is 5.32 Å². The van der Waals surface area contributed by atoms with Gasteiger partial charge in [-0.3, -0.25) is 4.79 Å². The summed E-state index contributed by atoms with van der Waals surface area (Å²) in [5.74, 6) is -0.753. The number of carbonyl (C=O) groups excluding carboxylic acids is 3. The van der Waals surface area contributed by atoms with Crippen LogP contribution in [0, 0.1) is 0 Å². The minimum absolute atomic E-state index is 0.0490. The Bertz CT molecular complexity index is 610. The van der Waals surface area contributed by atoms with Crippen LogP contribution in [-0.2, 0) is 25.6 Å². The first-order chi connectivity index (χ1) is 12.1. The van der Waals surface area contributed by atoms with E-state index >= 15 is 0 Å². The van der Waals surface area contributed by atoms with Gasteiger partial charge in [0.1, 0.15) is 11.6 Å². The smallest absolute Gasteiger partial charge is 0.407 e. The van der Waals surface area contributed by atoms with Gasteiger partial charge in [-0.25, -0.2) is 9.59 Å². The standard InChI is InChI=1S/C19H28N2O5/c1-14(17(23)25-5)21(13-15-9-7-6-8-10-15)16(22)11-12-20-18(24)26-19(2,3)4/h6-10,14H,11-13H2,1-5H3,(H,20,24). The quantitative estimate of drug-likeness (QED) is 0.752. The summed E-state index contributed by atoms with van der Waals surface area (Å²) in [5, 5.41) is 2.55. The van der Waals surface area contributed by atoms with Crippen molar-refractivity contribution in [2.24, 2.45) is 0 Å². The maximum Gasteiger partial charge on any atom is 0.407 e. The van der Waals surface area contributed by atoms with E-state index in [9.17, 15) is 14.4 Å². The summed E-state index contributed by atoms with van der Waals surface area (Å²) in [4.78, 5) is 37.6. The molecule has 1 atom stereocenters. The average molecular weight is 364 g/mol. The Labute approximate surface area is 154 Å². The molecule has 0 saturated heterocycles. The third kappa shape index (κ3) is 7.55. The van der Waals surface area contributed by atoms with Crippen LogP contribution in [-0.4, -0.2) is 48.2 Å². The molecule has 7 nitrogen and oxygen atoms in total. The number of nitrogens with one attached hydrogen (secondary N) is 1. The second-order valence-corrected chi connectivity index (χ2v) is 6.89. The van der Waals surface area contributed by atoms with Gasteiger partial charge in [-0.05, 0) is 33.3 Å². The van der Waals surface area contributed by atoms with Crippen LogP contribution in [0.2, 0.25) is 0 Å². The molecule has 1 unspecified atom stereocenters. The predicted octanol–water partition coefficient (Wildman–Crippen LogP) is 2.49. The SMILES string of the molecule is COC(=O)C(C)N(Cc1ccccc1)C(=O)CCNC(=O)OC(C)(C)C. The van der Waals surface area contributed by atoms with Gasteiger partial charge in [-0.15, -0.1) is 0 Å². The van der Waals surface area contributed by atoms with Crippen molar-refractivity contribution < 1.29 is 23.9 Å². The molecular formula is C19H28N2O5. The van der Waals surface area contributed by atoms with Crippen molar-refractivity contribution in [3.05, 3.63) is 35.9 Å². The Morgan fingerprint density at radius 3 is 2.31 bits per heavy atom. The number of rotatable bonds is 7. The molecule has 7 heteroatoms. The number of hydrogen-bond acceptors (Lipinski definition) is 5. The molecule has 0 radical (unpaired) electrons. The first kappa shape index (κ1) is 21.5. The van der Waals surface area contributed by atoms with Gasteiger partial charge in [0.2, 0.25) is 5.91 Å². The van der Waals surface area contributed by atoms with E-state index < -0.39 is 23.7 Å². The van der Waals surface area contributed by atoms with Crippen molar-refractivity contribution in [1.82, 2.24) is 10.2 Å². The van der Waals surface area contributed by atoms with E-state index in [1.54, 1.807) is 27.7 Å². The molecule has 0 fully saturated rings. The minimum Gasteiger partial charge on any atom is -0.467 e. The van der Waals surface area contributed by atoms with Gasteiger partial charge < -0.3 is 19.7 Å². The number of amides is 2. The zero-order chi connectivity index (χ0) is 19.7. The Balaban J connectivity index is 2.69. The van der Waals surface area contributed by atoms with Gasteiger partial charge in [0.05, 0.1) is 7.11 Å². The maximum atomic E-state index is 12.6. The van der Waals surface area contributed by atoms with Crippen LogP contribution in [0.4, 0.5) is 4.79 Å². The number of carbonyl (C=O) groups is 3. The number of esters is 1. The number of methoxy groups -OCH3 is 1. The lowest BCUT2D eigenvalue weighted by Crippen LogP contribution is -2.44. The molecule has 26 heavy (non-hydrogen) atoms. The largest absolute Gasteiger partial charge is 0.467 e. The number of hydrogen-bond donors (Lipinski definition) is 1. The van der Waals surface area contributed by atoms with Crippen LogP contribution in [0.3, 0.4) is 0 Å². The van der Waals surface area contributed by atoms with Gasteiger partial charge in [0, 0.05) is 19.5 Å². The molecule has 1 rings (SSSR count). The molecule has 1 aromatic carbocycles. The summed E-state index contributed by atoms with van der Waals surface area (Å²) in [6, 6.07) is 8.64. The van der Waals surface area contributed by atoms with Crippen molar-refractivity contribution in [3.8, 4) is 0 Å². The second kappa shape index (κ2) is 9.79. The summed E-state index contributed by atoms with van der Waals surface area (Å²) in [5.41, 5.74) is 0.295. The molecule has 144 valence electrons. The molecule has 0 aliphatic rings. The molecule has 0 bridgehead atoms. The molecule has 0 aliphatic heterocycles. The van der Waals surface area contributed by atoms with E-state index in [1.807, 2.05) is 30.3 Å². The van der Waals surface area contributed by atoms with Crippen LogP contribution >= 0.6 is 0 Å². The first-order valence-electron chi connectivity index (χ1n) is 8.52. The lowest BCUT2D eigenvalue weighted by molar-refractivity contribution is -0.152. The Kier molecular flexibility index (Phi) is 8.09. The molecule has 0 aromatic heterocycles. The van der Waals surface area contributed by atoms with E-state index in [0.29, 0.717) is 0 Å². The van der Waals surface area contributed by atoms with Crippen LogP contribution in [0.5, 0.6) is 0 Å². The monoisotopic (exact) mass is 364 g/mol. The van der Waals surface area contributed by atoms with Gasteiger partial charge in [-0.2, -0.15) is 0 Å². The normalized spacial score (nSPS) is 12.0. The van der Waals surface area contributed by atoms with E-state index in [-0.39, 0.29) is 25.4 Å². The van der Waals surface area contributed by atoms with Crippen molar-refractivity contribution in [2.75, 3.05) is 13.7 Å². The molecule has 1 aromatic rings. The third-order valence-corrected chi connectivity index (χ3v) is 3.53. The fourth-order valence-corrected chi connectivity index (χ4v) is 2.25. The van der Waals surface area contributed by atoms with Crippen molar-refractivity contribution in [2.45, 2.75) is 52.3 Å². The fourth-order valence-electron chi connectivity index (χ4n) is 2.25. The minimum atomic E-state index is -0.728. The van der Waals surface area contributed by atoms with Crippen molar-refractivity contribution in [1.29, 1.82) is 0 Å². The molecule has 0 heterocycles. The van der Waals surface area contributed by atoms with Crippen LogP contribution in [0.15, 0.2) is 30.3 Å². The van der Waals surface area contributed by atoms with Crippen molar-refractivity contribution >= 4 is 18.0 Å². The highest BCUT2D eigenvalue weighted by Gasteiger charge is 2.26. The van der Waals surface area contributed by atoms with E-state index in [0.717, 1.165) is 5.56 Å². The van der Waals surface area contributed by atoms with Crippen molar-refractivity contribution in [3.63, 3.8) is 0 Å². The highest BCUT2D eigenvalue weighted by Crippen LogP contribution is 2.12. The summed E-state index contributed by atoms with van der Waals surface area (Å²) in [7, 11) is 1.29. The number of alkyl carbamates (subject to hydrolysis) is 1. The Hall–Kier alpha value is -2.57. The van der Waals surface area contributed by atoms with Gasteiger partial charge in [-0.1, -0.05) is 30.3 Å². The molecular weight excluding hydrogens is 336 g/mol. The first-order valence-corrected chi connectivity index (χ1v) is 8.52. The van der Waals surface area contributed by atoms with Crippen LogP contribution in [0.1, 0.15) is 39.7 Å². The highest BCUT2D eigenvalue weighted by molar-refractivity contribution is 5.84. The lowest BCUT2D eigenvalue weighted by atomic mass is 10.1. The number of benzene rings is 1. The Morgan fingerprint density at radius 1 is 1.15 bits per heavy atom. The molecule has 1 N–H and O–H groups in total. The summed E-state index contributed by atoms with van der Waals surface area (Å²) in [6.07, 6.45) is -0.533. The summed E-state index contributed by atoms with van der Waals surface area (Å²) < 4.78 is 9.89. The van der Waals surface area contributed by atoms with E-state index in [4.69, 9.17) is 9.47 Å². The predicted molar refractivity (Wildman–Crippen MR) is 97.3 cm³/mol. The van der Waals surface area contributed by atoms with E-state index in [1.165, 1.54) is 12.0 Å². The van der Waals surface area contributed by atoms with Crippen LogP contribution < -0.4 is 5.32 Å². The summed E-state index contributed by atoms with van der Waals surface area (Å²) >= 11 is 0. The zero-order valence-corrected chi connectivity index (χ0v) is 16.1.